The minimum atomic E-state index is -0.874. The van der Waals surface area contributed by atoms with Crippen molar-refractivity contribution in [3.05, 3.63) is 130 Å². The van der Waals surface area contributed by atoms with Crippen LogP contribution in [0.1, 0.15) is 38.2 Å². The van der Waals surface area contributed by atoms with E-state index in [1.54, 1.807) is 12.1 Å². The van der Waals surface area contributed by atoms with Gasteiger partial charge in [0.25, 0.3) is 5.91 Å². The summed E-state index contributed by atoms with van der Waals surface area (Å²) in [4.78, 5) is 25.7. The van der Waals surface area contributed by atoms with Crippen LogP contribution in [0.25, 0.3) is 0 Å². The van der Waals surface area contributed by atoms with Crippen LogP contribution in [-0.4, -0.2) is 25.0 Å². The second-order valence-corrected chi connectivity index (χ2v) is 9.46. The molecule has 0 aromatic heterocycles. The molecule has 200 valence electrons. The number of aryl methyl sites for hydroxylation is 2. The van der Waals surface area contributed by atoms with E-state index in [2.05, 4.69) is 5.32 Å². The van der Waals surface area contributed by atoms with Gasteiger partial charge in [0.2, 0.25) is 0 Å². The average Bonchev–Trinajstić information content (AvgIpc) is 2.95. The van der Waals surface area contributed by atoms with Gasteiger partial charge in [0.05, 0.1) is 7.11 Å². The van der Waals surface area contributed by atoms with Crippen LogP contribution in [-0.2, 0) is 29.2 Å². The maximum absolute atomic E-state index is 13.0. The van der Waals surface area contributed by atoms with E-state index in [-0.39, 0.29) is 12.3 Å². The predicted molar refractivity (Wildman–Crippen MR) is 151 cm³/mol. The Bertz CT molecular complexity index is 1380. The summed E-state index contributed by atoms with van der Waals surface area (Å²) < 4.78 is 17.3. The lowest BCUT2D eigenvalue weighted by Crippen LogP contribution is -2.43. The molecule has 0 unspecified atom stereocenters. The molecule has 0 heterocycles. The molecule has 4 aromatic carbocycles. The minimum absolute atomic E-state index is 0.226. The molecule has 0 aliphatic rings. The smallest absolute Gasteiger partial charge is 0.328 e. The van der Waals surface area contributed by atoms with Crippen molar-refractivity contribution in [2.75, 3.05) is 7.11 Å². The van der Waals surface area contributed by atoms with Gasteiger partial charge in [-0.1, -0.05) is 83.9 Å². The van der Waals surface area contributed by atoms with Gasteiger partial charge in [-0.15, -0.1) is 0 Å². The summed E-state index contributed by atoms with van der Waals surface area (Å²) in [5, 5.41) is 2.84. The highest BCUT2D eigenvalue weighted by atomic mass is 16.5. The Balaban J connectivity index is 1.54. The molecule has 0 saturated heterocycles. The van der Waals surface area contributed by atoms with Gasteiger partial charge in [-0.3, -0.25) is 4.79 Å². The van der Waals surface area contributed by atoms with Crippen LogP contribution in [0.15, 0.2) is 97.1 Å². The molecular formula is C33H33NO5. The van der Waals surface area contributed by atoms with E-state index in [0.29, 0.717) is 30.3 Å². The number of benzene rings is 4. The van der Waals surface area contributed by atoms with Gasteiger partial charge in [-0.25, -0.2) is 4.79 Å². The number of carbonyl (C=O) groups excluding carboxylic acids is 2. The summed E-state index contributed by atoms with van der Waals surface area (Å²) in [5.74, 6) is 0.286. The molecule has 0 spiro atoms. The molecule has 1 atom stereocenters. The summed E-state index contributed by atoms with van der Waals surface area (Å²) in [6, 6.07) is 30.0. The van der Waals surface area contributed by atoms with Gasteiger partial charge in [-0.2, -0.15) is 0 Å². The Hall–Kier alpha value is -4.58. The van der Waals surface area contributed by atoms with E-state index in [0.717, 1.165) is 27.8 Å². The number of ether oxygens (including phenoxy) is 3. The zero-order valence-electron chi connectivity index (χ0n) is 22.5. The summed E-state index contributed by atoms with van der Waals surface area (Å²) in [6.07, 6.45) is 0.226. The third kappa shape index (κ3) is 7.95. The van der Waals surface area contributed by atoms with Crippen molar-refractivity contribution in [3.8, 4) is 11.5 Å². The van der Waals surface area contributed by atoms with Crippen LogP contribution in [0.2, 0.25) is 0 Å². The lowest BCUT2D eigenvalue weighted by Gasteiger charge is -2.19. The van der Waals surface area contributed by atoms with Crippen LogP contribution in [0.3, 0.4) is 0 Å². The van der Waals surface area contributed by atoms with Crippen LogP contribution >= 0.6 is 0 Å². The molecule has 6 nitrogen and oxygen atoms in total. The number of methoxy groups -OCH3 is 1. The maximum atomic E-state index is 13.0. The number of amides is 1. The SMILES string of the molecule is COC(=O)[C@H](Cc1ccc(OCc2ccccc2)c(OCc2ccccc2)c1)NC(=O)c1cc(C)cc(C)c1. The first kappa shape index (κ1) is 27.5. The molecule has 39 heavy (non-hydrogen) atoms. The Morgan fingerprint density at radius 1 is 0.692 bits per heavy atom. The van der Waals surface area contributed by atoms with Crippen molar-refractivity contribution in [3.63, 3.8) is 0 Å². The van der Waals surface area contributed by atoms with Crippen molar-refractivity contribution in [2.24, 2.45) is 0 Å². The first-order chi connectivity index (χ1) is 18.9. The molecule has 6 heteroatoms. The number of carbonyl (C=O) groups is 2. The van der Waals surface area contributed by atoms with Gasteiger partial charge >= 0.3 is 5.97 Å². The van der Waals surface area contributed by atoms with Gasteiger partial charge in [0.15, 0.2) is 11.5 Å². The van der Waals surface area contributed by atoms with Crippen LogP contribution in [0, 0.1) is 13.8 Å². The van der Waals surface area contributed by atoms with E-state index < -0.39 is 12.0 Å². The van der Waals surface area contributed by atoms with Gasteiger partial charge in [0, 0.05) is 12.0 Å². The van der Waals surface area contributed by atoms with E-state index in [4.69, 9.17) is 14.2 Å². The molecular weight excluding hydrogens is 490 g/mol. The predicted octanol–water partition coefficient (Wildman–Crippen LogP) is 5.98. The van der Waals surface area contributed by atoms with Crippen molar-refractivity contribution in [1.29, 1.82) is 0 Å². The minimum Gasteiger partial charge on any atom is -0.485 e. The topological polar surface area (TPSA) is 73.9 Å². The van der Waals surface area contributed by atoms with Crippen molar-refractivity contribution in [2.45, 2.75) is 39.5 Å². The lowest BCUT2D eigenvalue weighted by molar-refractivity contribution is -0.142. The average molecular weight is 524 g/mol. The largest absolute Gasteiger partial charge is 0.485 e. The summed E-state index contributed by atoms with van der Waals surface area (Å²) in [6.45, 7) is 4.61. The molecule has 4 aromatic rings. The highest BCUT2D eigenvalue weighted by molar-refractivity contribution is 5.97. The van der Waals surface area contributed by atoms with E-state index in [9.17, 15) is 9.59 Å². The Kier molecular flexibility index (Phi) is 9.35. The maximum Gasteiger partial charge on any atom is 0.328 e. The van der Waals surface area contributed by atoms with Gasteiger partial charge in [-0.05, 0) is 54.8 Å². The van der Waals surface area contributed by atoms with Crippen molar-refractivity contribution >= 4 is 11.9 Å². The first-order valence-corrected chi connectivity index (χ1v) is 12.8. The molecule has 0 aliphatic carbocycles. The Labute approximate surface area is 229 Å². The fourth-order valence-corrected chi connectivity index (χ4v) is 4.30. The van der Waals surface area contributed by atoms with Gasteiger partial charge < -0.3 is 19.5 Å². The number of esters is 1. The molecule has 1 N–H and O–H groups in total. The lowest BCUT2D eigenvalue weighted by atomic mass is 10.0. The Morgan fingerprint density at radius 3 is 1.82 bits per heavy atom. The third-order valence-electron chi connectivity index (χ3n) is 6.20. The standard InChI is InChI=1S/C33H33NO5/c1-23-16-24(2)18-28(17-23)32(35)34-29(33(36)37-3)19-27-14-15-30(38-21-25-10-6-4-7-11-25)31(20-27)39-22-26-12-8-5-9-13-26/h4-18,20,29H,19,21-22H2,1-3H3,(H,34,35)/t29-/m0/s1. The van der Waals surface area contributed by atoms with Crippen LogP contribution in [0.5, 0.6) is 11.5 Å². The molecule has 0 saturated carbocycles. The summed E-state index contributed by atoms with van der Waals surface area (Å²) in [7, 11) is 1.31. The highest BCUT2D eigenvalue weighted by Gasteiger charge is 2.24. The zero-order valence-corrected chi connectivity index (χ0v) is 22.5. The normalized spacial score (nSPS) is 11.4. The number of rotatable bonds is 11. The fraction of sp³-hybridized carbons (Fsp3) is 0.212. The molecule has 0 aliphatic heterocycles. The first-order valence-electron chi connectivity index (χ1n) is 12.8. The molecule has 0 bridgehead atoms. The number of hydrogen-bond acceptors (Lipinski definition) is 5. The quantitative estimate of drug-likeness (QED) is 0.245. The van der Waals surface area contributed by atoms with Crippen LogP contribution < -0.4 is 14.8 Å². The molecule has 1 amide bonds. The van der Waals surface area contributed by atoms with E-state index >= 15 is 0 Å². The van der Waals surface area contributed by atoms with E-state index in [1.807, 2.05) is 98.8 Å². The number of hydrogen-bond donors (Lipinski definition) is 1. The third-order valence-corrected chi connectivity index (χ3v) is 6.20. The summed E-state index contributed by atoms with van der Waals surface area (Å²) in [5.41, 5.74) is 5.29. The summed E-state index contributed by atoms with van der Waals surface area (Å²) >= 11 is 0. The highest BCUT2D eigenvalue weighted by Crippen LogP contribution is 2.31. The van der Waals surface area contributed by atoms with Crippen molar-refractivity contribution < 1.29 is 23.8 Å². The number of nitrogens with one attached hydrogen (secondary N) is 1. The van der Waals surface area contributed by atoms with Crippen molar-refractivity contribution in [1.82, 2.24) is 5.32 Å². The zero-order chi connectivity index (χ0) is 27.6. The Morgan fingerprint density at radius 2 is 1.26 bits per heavy atom. The van der Waals surface area contributed by atoms with Crippen LogP contribution in [0.4, 0.5) is 0 Å². The van der Waals surface area contributed by atoms with Gasteiger partial charge in [0.1, 0.15) is 19.3 Å². The monoisotopic (exact) mass is 523 g/mol. The second-order valence-electron chi connectivity index (χ2n) is 9.46. The molecule has 4 rings (SSSR count). The van der Waals surface area contributed by atoms with E-state index in [1.165, 1.54) is 7.11 Å². The molecule has 0 fully saturated rings. The fourth-order valence-electron chi connectivity index (χ4n) is 4.30. The second kappa shape index (κ2) is 13.3. The molecule has 0 radical (unpaired) electrons.